The number of aliphatic carboxylic acids is 1. The second-order valence-electron chi connectivity index (χ2n) is 3.96. The van der Waals surface area contributed by atoms with Crippen LogP contribution < -0.4 is 10.6 Å². The van der Waals surface area contributed by atoms with Crippen LogP contribution >= 0.6 is 11.3 Å². The van der Waals surface area contributed by atoms with Gasteiger partial charge in [-0.25, -0.2) is 4.79 Å². The summed E-state index contributed by atoms with van der Waals surface area (Å²) in [6.45, 7) is 1.57. The topological polar surface area (TPSA) is 95.5 Å². The second-order valence-corrected chi connectivity index (χ2v) is 5.25. The van der Waals surface area contributed by atoms with Crippen molar-refractivity contribution in [1.82, 2.24) is 10.6 Å². The van der Waals surface area contributed by atoms with Crippen LogP contribution in [0.1, 0.15) is 21.0 Å². The third kappa shape index (κ3) is 4.74. The first-order valence-electron chi connectivity index (χ1n) is 5.74. The number of carboxylic acids is 1. The Morgan fingerprint density at radius 3 is 2.65 bits per heavy atom. The number of rotatable bonds is 6. The van der Waals surface area contributed by atoms with Crippen LogP contribution in [-0.2, 0) is 9.59 Å². The number of carbonyl (C=O) groups excluding carboxylic acids is 2. The van der Waals surface area contributed by atoms with E-state index < -0.39 is 17.9 Å². The SMILES string of the molecule is C#CCC(NC(=O)CNC(=O)c1ccc(C)s1)C(=O)O. The maximum absolute atomic E-state index is 11.7. The molecule has 1 unspecified atom stereocenters. The first-order chi connectivity index (χ1) is 9.43. The van der Waals surface area contributed by atoms with E-state index in [4.69, 9.17) is 11.5 Å². The van der Waals surface area contributed by atoms with E-state index in [-0.39, 0.29) is 18.9 Å². The van der Waals surface area contributed by atoms with Crippen molar-refractivity contribution in [3.8, 4) is 12.3 Å². The third-order valence-electron chi connectivity index (χ3n) is 2.33. The number of hydrogen-bond acceptors (Lipinski definition) is 4. The molecule has 0 saturated carbocycles. The van der Waals surface area contributed by atoms with E-state index in [9.17, 15) is 14.4 Å². The quantitative estimate of drug-likeness (QED) is 0.661. The number of carbonyl (C=O) groups is 3. The second kappa shape index (κ2) is 7.31. The maximum Gasteiger partial charge on any atom is 0.327 e. The molecule has 1 aromatic rings. The lowest BCUT2D eigenvalue weighted by molar-refractivity contribution is -0.141. The molecule has 2 amide bonds. The van der Waals surface area contributed by atoms with Crippen LogP contribution in [0.2, 0.25) is 0 Å². The molecule has 20 heavy (non-hydrogen) atoms. The molecule has 1 rings (SSSR count). The molecular weight excluding hydrogens is 280 g/mol. The number of nitrogens with one attached hydrogen (secondary N) is 2. The molecule has 106 valence electrons. The zero-order valence-corrected chi connectivity index (χ0v) is 11.6. The van der Waals surface area contributed by atoms with Crippen molar-refractivity contribution in [2.75, 3.05) is 6.54 Å². The highest BCUT2D eigenvalue weighted by Crippen LogP contribution is 2.14. The maximum atomic E-state index is 11.7. The molecule has 6 nitrogen and oxygen atoms in total. The number of aryl methyl sites for hydroxylation is 1. The predicted octanol–water partition coefficient (Wildman–Crippen LogP) is 0.379. The van der Waals surface area contributed by atoms with Crippen LogP contribution in [0.3, 0.4) is 0 Å². The van der Waals surface area contributed by atoms with E-state index in [0.717, 1.165) is 4.88 Å². The van der Waals surface area contributed by atoms with E-state index in [1.54, 1.807) is 12.1 Å². The molecule has 0 aliphatic carbocycles. The van der Waals surface area contributed by atoms with E-state index in [2.05, 4.69) is 16.6 Å². The van der Waals surface area contributed by atoms with Crippen molar-refractivity contribution in [2.24, 2.45) is 0 Å². The Bertz CT molecular complexity index is 559. The predicted molar refractivity (Wildman–Crippen MR) is 74.4 cm³/mol. The fraction of sp³-hybridized carbons (Fsp3) is 0.308. The average molecular weight is 294 g/mol. The summed E-state index contributed by atoms with van der Waals surface area (Å²) in [5, 5.41) is 13.5. The van der Waals surface area contributed by atoms with E-state index in [1.165, 1.54) is 11.3 Å². The van der Waals surface area contributed by atoms with Crippen LogP contribution in [-0.4, -0.2) is 35.5 Å². The highest BCUT2D eigenvalue weighted by molar-refractivity contribution is 7.13. The molecule has 0 aliphatic heterocycles. The lowest BCUT2D eigenvalue weighted by atomic mass is 10.2. The number of amides is 2. The van der Waals surface area contributed by atoms with Crippen molar-refractivity contribution in [1.29, 1.82) is 0 Å². The van der Waals surface area contributed by atoms with Crippen LogP contribution in [0, 0.1) is 19.3 Å². The number of hydrogen-bond donors (Lipinski definition) is 3. The van der Waals surface area contributed by atoms with Crippen molar-refractivity contribution in [2.45, 2.75) is 19.4 Å². The van der Waals surface area contributed by atoms with Gasteiger partial charge in [0.05, 0.1) is 11.4 Å². The van der Waals surface area contributed by atoms with Gasteiger partial charge in [0, 0.05) is 11.3 Å². The summed E-state index contributed by atoms with van der Waals surface area (Å²) >= 11 is 1.31. The smallest absolute Gasteiger partial charge is 0.327 e. The molecule has 0 fully saturated rings. The van der Waals surface area contributed by atoms with Gasteiger partial charge >= 0.3 is 5.97 Å². The highest BCUT2D eigenvalue weighted by Gasteiger charge is 2.19. The first-order valence-corrected chi connectivity index (χ1v) is 6.56. The van der Waals surface area contributed by atoms with Crippen LogP contribution in [0.25, 0.3) is 0 Å². The lowest BCUT2D eigenvalue weighted by Crippen LogP contribution is -2.45. The monoisotopic (exact) mass is 294 g/mol. The lowest BCUT2D eigenvalue weighted by Gasteiger charge is -2.11. The number of thiophene rings is 1. The van der Waals surface area contributed by atoms with Gasteiger partial charge in [-0.15, -0.1) is 23.7 Å². The summed E-state index contributed by atoms with van der Waals surface area (Å²) in [7, 11) is 0. The van der Waals surface area contributed by atoms with Gasteiger partial charge in [0.1, 0.15) is 6.04 Å². The fourth-order valence-electron chi connectivity index (χ4n) is 1.37. The normalized spacial score (nSPS) is 11.2. The molecular formula is C13H14N2O4S. The van der Waals surface area contributed by atoms with Gasteiger partial charge in [-0.1, -0.05) is 0 Å². The van der Waals surface area contributed by atoms with Gasteiger partial charge in [-0.2, -0.15) is 0 Å². The Labute approximate surface area is 120 Å². The van der Waals surface area contributed by atoms with Crippen molar-refractivity contribution in [3.05, 3.63) is 21.9 Å². The molecule has 1 aromatic heterocycles. The Kier molecular flexibility index (Phi) is 5.74. The van der Waals surface area contributed by atoms with Gasteiger partial charge in [-0.05, 0) is 19.1 Å². The van der Waals surface area contributed by atoms with Gasteiger partial charge < -0.3 is 15.7 Å². The van der Waals surface area contributed by atoms with Crippen molar-refractivity contribution in [3.63, 3.8) is 0 Å². The fourth-order valence-corrected chi connectivity index (χ4v) is 2.15. The first kappa shape index (κ1) is 15.7. The Morgan fingerprint density at radius 1 is 1.45 bits per heavy atom. The summed E-state index contributed by atoms with van der Waals surface area (Å²) in [6.07, 6.45) is 4.90. The zero-order valence-electron chi connectivity index (χ0n) is 10.8. The summed E-state index contributed by atoms with van der Waals surface area (Å²) in [5.74, 6) is -0.0204. The molecule has 0 saturated heterocycles. The molecule has 0 radical (unpaired) electrons. The summed E-state index contributed by atoms with van der Waals surface area (Å²) in [5.41, 5.74) is 0. The molecule has 0 bridgehead atoms. The summed E-state index contributed by atoms with van der Waals surface area (Å²) < 4.78 is 0. The van der Waals surface area contributed by atoms with Gasteiger partial charge in [0.15, 0.2) is 0 Å². The van der Waals surface area contributed by atoms with Crippen LogP contribution in [0.4, 0.5) is 0 Å². The summed E-state index contributed by atoms with van der Waals surface area (Å²) in [4.78, 5) is 35.5. The van der Waals surface area contributed by atoms with Crippen molar-refractivity contribution >= 4 is 29.1 Å². The highest BCUT2D eigenvalue weighted by atomic mass is 32.1. The molecule has 1 atom stereocenters. The Hall–Kier alpha value is -2.33. The average Bonchev–Trinajstić information content (AvgIpc) is 2.82. The molecule has 3 N–H and O–H groups in total. The van der Waals surface area contributed by atoms with E-state index in [0.29, 0.717) is 4.88 Å². The largest absolute Gasteiger partial charge is 0.480 e. The summed E-state index contributed by atoms with van der Waals surface area (Å²) in [6, 6.07) is 2.31. The van der Waals surface area contributed by atoms with Crippen LogP contribution in [0.15, 0.2) is 12.1 Å². The van der Waals surface area contributed by atoms with Gasteiger partial charge in [-0.3, -0.25) is 9.59 Å². The minimum Gasteiger partial charge on any atom is -0.480 e. The number of terminal acetylenes is 1. The van der Waals surface area contributed by atoms with E-state index in [1.807, 2.05) is 6.92 Å². The molecule has 0 spiro atoms. The Morgan fingerprint density at radius 2 is 2.15 bits per heavy atom. The minimum atomic E-state index is -1.21. The van der Waals surface area contributed by atoms with Gasteiger partial charge in [0.25, 0.3) is 5.91 Å². The standard InChI is InChI=1S/C13H14N2O4S/c1-3-4-9(13(18)19)15-11(16)7-14-12(17)10-6-5-8(2)20-10/h1,5-6,9H,4,7H2,2H3,(H,14,17)(H,15,16)(H,18,19). The molecule has 1 heterocycles. The molecule has 0 aliphatic rings. The van der Waals surface area contributed by atoms with E-state index >= 15 is 0 Å². The zero-order chi connectivity index (χ0) is 15.1. The Balaban J connectivity index is 2.45. The number of carboxylic acid groups (broad SMARTS) is 1. The van der Waals surface area contributed by atoms with Gasteiger partial charge in [0.2, 0.25) is 5.91 Å². The molecule has 7 heteroatoms. The molecule has 0 aromatic carbocycles. The van der Waals surface area contributed by atoms with Crippen LogP contribution in [0.5, 0.6) is 0 Å². The third-order valence-corrected chi connectivity index (χ3v) is 3.33. The van der Waals surface area contributed by atoms with Crippen molar-refractivity contribution < 1.29 is 19.5 Å². The minimum absolute atomic E-state index is 0.112.